The first-order valence-electron chi connectivity index (χ1n) is 9.17. The highest BCUT2D eigenvalue weighted by Crippen LogP contribution is 2.27. The minimum absolute atomic E-state index is 0.142. The average Bonchev–Trinajstić information content (AvgIpc) is 3.28. The topological polar surface area (TPSA) is 107 Å². The van der Waals surface area contributed by atoms with Crippen LogP contribution in [0.5, 0.6) is 5.75 Å². The third-order valence-corrected chi connectivity index (χ3v) is 6.48. The predicted octanol–water partition coefficient (Wildman–Crippen LogP) is 4.23. The second-order valence-electron chi connectivity index (χ2n) is 6.34. The minimum Gasteiger partial charge on any atom is -0.497 e. The van der Waals surface area contributed by atoms with Crippen LogP contribution < -0.4 is 9.46 Å². The number of nitrogens with one attached hydrogen (secondary N) is 1. The molecule has 0 bridgehead atoms. The van der Waals surface area contributed by atoms with Gasteiger partial charge in [-0.1, -0.05) is 17.8 Å². The van der Waals surface area contributed by atoms with Gasteiger partial charge in [0.1, 0.15) is 5.75 Å². The Morgan fingerprint density at radius 1 is 1.00 bits per heavy atom. The van der Waals surface area contributed by atoms with Crippen molar-refractivity contribution in [1.82, 2.24) is 15.2 Å². The molecule has 1 N–H and O–H groups in total. The van der Waals surface area contributed by atoms with E-state index in [0.29, 0.717) is 33.9 Å². The van der Waals surface area contributed by atoms with Crippen LogP contribution in [0.2, 0.25) is 0 Å². The van der Waals surface area contributed by atoms with E-state index in [4.69, 9.17) is 9.15 Å². The van der Waals surface area contributed by atoms with Crippen molar-refractivity contribution in [2.75, 3.05) is 11.8 Å². The van der Waals surface area contributed by atoms with Crippen LogP contribution in [0.3, 0.4) is 0 Å². The van der Waals surface area contributed by atoms with Crippen LogP contribution in [-0.2, 0) is 15.8 Å². The molecule has 0 aliphatic heterocycles. The summed E-state index contributed by atoms with van der Waals surface area (Å²) >= 11 is 1.40. The monoisotopic (exact) mass is 454 g/mol. The van der Waals surface area contributed by atoms with E-state index < -0.39 is 10.0 Å². The van der Waals surface area contributed by atoms with E-state index in [-0.39, 0.29) is 4.90 Å². The summed E-state index contributed by atoms with van der Waals surface area (Å²) < 4.78 is 38.4. The van der Waals surface area contributed by atoms with Crippen molar-refractivity contribution < 1.29 is 17.6 Å². The Labute approximate surface area is 183 Å². The zero-order chi connectivity index (χ0) is 21.7. The molecule has 0 spiro atoms. The number of benzene rings is 2. The van der Waals surface area contributed by atoms with Crippen molar-refractivity contribution >= 4 is 27.5 Å². The molecule has 0 aliphatic rings. The largest absolute Gasteiger partial charge is 0.497 e. The number of methoxy groups -OCH3 is 1. The van der Waals surface area contributed by atoms with E-state index in [1.807, 2.05) is 18.2 Å². The summed E-state index contributed by atoms with van der Waals surface area (Å²) in [7, 11) is -2.19. The number of rotatable bonds is 8. The Bertz CT molecular complexity index is 1240. The Balaban J connectivity index is 1.41. The molecule has 158 valence electrons. The summed E-state index contributed by atoms with van der Waals surface area (Å²) in [4.78, 5) is 4.40. The molecular weight excluding hydrogens is 436 g/mol. The van der Waals surface area contributed by atoms with Crippen LogP contribution in [0.4, 0.5) is 5.69 Å². The zero-order valence-electron chi connectivity index (χ0n) is 16.4. The molecule has 0 amide bonds. The van der Waals surface area contributed by atoms with Gasteiger partial charge >= 0.3 is 0 Å². The molecule has 0 radical (unpaired) electrons. The second-order valence-corrected chi connectivity index (χ2v) is 8.95. The van der Waals surface area contributed by atoms with Gasteiger partial charge in [-0.2, -0.15) is 0 Å². The molecule has 2 aromatic carbocycles. The Kier molecular flexibility index (Phi) is 6.19. The molecule has 0 unspecified atom stereocenters. The summed E-state index contributed by atoms with van der Waals surface area (Å²) in [6, 6.07) is 18.6. The van der Waals surface area contributed by atoms with Crippen LogP contribution in [0.25, 0.3) is 11.5 Å². The van der Waals surface area contributed by atoms with Crippen LogP contribution in [0, 0.1) is 0 Å². The first-order chi connectivity index (χ1) is 15.0. The second kappa shape index (κ2) is 9.19. The molecule has 2 heterocycles. The number of anilines is 1. The number of nitrogens with zero attached hydrogens (tertiary/aromatic N) is 3. The smallest absolute Gasteiger partial charge is 0.277 e. The highest BCUT2D eigenvalue weighted by Gasteiger charge is 2.15. The molecular formula is C21H18N4O4S2. The number of hydrogen-bond donors (Lipinski definition) is 1. The number of pyridine rings is 1. The molecule has 0 atom stereocenters. The summed E-state index contributed by atoms with van der Waals surface area (Å²) in [6.07, 6.45) is 1.74. The summed E-state index contributed by atoms with van der Waals surface area (Å²) in [5.74, 6) is 1.56. The van der Waals surface area contributed by atoms with Gasteiger partial charge in [-0.05, 0) is 60.7 Å². The zero-order valence-corrected chi connectivity index (χ0v) is 18.1. The number of sulfonamides is 1. The third-order valence-electron chi connectivity index (χ3n) is 4.23. The van der Waals surface area contributed by atoms with E-state index in [2.05, 4.69) is 19.9 Å². The van der Waals surface area contributed by atoms with Crippen molar-refractivity contribution in [3.8, 4) is 17.2 Å². The normalized spacial score (nSPS) is 11.3. The molecule has 0 saturated heterocycles. The van der Waals surface area contributed by atoms with E-state index in [0.717, 1.165) is 5.69 Å². The first kappa shape index (κ1) is 20.9. The fraction of sp³-hybridized carbons (Fsp3) is 0.0952. The average molecular weight is 455 g/mol. The van der Waals surface area contributed by atoms with Gasteiger partial charge in [-0.15, -0.1) is 10.2 Å². The van der Waals surface area contributed by atoms with Crippen molar-refractivity contribution in [3.63, 3.8) is 0 Å². The summed E-state index contributed by atoms with van der Waals surface area (Å²) in [6.45, 7) is 0. The molecule has 0 saturated carbocycles. The van der Waals surface area contributed by atoms with Crippen molar-refractivity contribution in [1.29, 1.82) is 0 Å². The van der Waals surface area contributed by atoms with Gasteiger partial charge in [0.05, 0.1) is 17.7 Å². The van der Waals surface area contributed by atoms with Crippen LogP contribution in [0.1, 0.15) is 5.69 Å². The molecule has 31 heavy (non-hydrogen) atoms. The van der Waals surface area contributed by atoms with Gasteiger partial charge in [0, 0.05) is 23.2 Å². The summed E-state index contributed by atoms with van der Waals surface area (Å²) in [5.41, 5.74) is 2.02. The Morgan fingerprint density at radius 3 is 2.45 bits per heavy atom. The predicted molar refractivity (Wildman–Crippen MR) is 117 cm³/mol. The minimum atomic E-state index is -3.71. The van der Waals surface area contributed by atoms with Crippen LogP contribution in [0.15, 0.2) is 87.5 Å². The van der Waals surface area contributed by atoms with Crippen molar-refractivity contribution in [3.05, 3.63) is 78.6 Å². The highest BCUT2D eigenvalue weighted by atomic mass is 32.2. The Hall–Kier alpha value is -3.37. The lowest BCUT2D eigenvalue weighted by molar-refractivity contribution is 0.414. The number of hydrogen-bond acceptors (Lipinski definition) is 8. The van der Waals surface area contributed by atoms with E-state index in [9.17, 15) is 8.42 Å². The first-order valence-corrected chi connectivity index (χ1v) is 11.6. The van der Waals surface area contributed by atoms with Gasteiger partial charge in [-0.3, -0.25) is 9.71 Å². The van der Waals surface area contributed by atoms with Gasteiger partial charge in [0.2, 0.25) is 5.89 Å². The van der Waals surface area contributed by atoms with Gasteiger partial charge < -0.3 is 9.15 Å². The van der Waals surface area contributed by atoms with Crippen LogP contribution in [-0.4, -0.2) is 30.7 Å². The molecule has 4 rings (SSSR count). The molecule has 8 nitrogen and oxygen atoms in total. The van der Waals surface area contributed by atoms with Gasteiger partial charge in [-0.25, -0.2) is 8.42 Å². The SMILES string of the molecule is COc1ccc(S(=O)(=O)Nc2ccc(-c3nnc(SCc4ccccn4)o3)cc2)cc1. The number of ether oxygens (including phenoxy) is 1. The third kappa shape index (κ3) is 5.22. The maximum absolute atomic E-state index is 12.5. The molecule has 0 fully saturated rings. The quantitative estimate of drug-likeness (QED) is 0.394. The van der Waals surface area contributed by atoms with Gasteiger partial charge in [0.15, 0.2) is 0 Å². The number of aromatic nitrogens is 3. The lowest BCUT2D eigenvalue weighted by atomic mass is 10.2. The van der Waals surface area contributed by atoms with Crippen molar-refractivity contribution in [2.24, 2.45) is 0 Å². The summed E-state index contributed by atoms with van der Waals surface area (Å²) in [5, 5.41) is 8.53. The van der Waals surface area contributed by atoms with Crippen LogP contribution >= 0.6 is 11.8 Å². The van der Waals surface area contributed by atoms with Gasteiger partial charge in [0.25, 0.3) is 15.2 Å². The highest BCUT2D eigenvalue weighted by molar-refractivity contribution is 7.98. The molecule has 0 aliphatic carbocycles. The molecule has 10 heteroatoms. The lowest BCUT2D eigenvalue weighted by Gasteiger charge is -2.09. The lowest BCUT2D eigenvalue weighted by Crippen LogP contribution is -2.12. The number of thioether (sulfide) groups is 1. The fourth-order valence-electron chi connectivity index (χ4n) is 2.65. The maximum atomic E-state index is 12.5. The Morgan fingerprint density at radius 2 is 1.77 bits per heavy atom. The maximum Gasteiger partial charge on any atom is 0.277 e. The standard InChI is InChI=1S/C21H18N4O4S2/c1-28-18-9-11-19(12-10-18)31(26,27)25-16-7-5-15(6-8-16)20-23-24-21(29-20)30-14-17-4-2-3-13-22-17/h2-13,25H,14H2,1H3. The van der Waals surface area contributed by atoms with Crippen molar-refractivity contribution in [2.45, 2.75) is 15.9 Å². The molecule has 2 aromatic heterocycles. The molecule has 4 aromatic rings. The van der Waals surface area contributed by atoms with E-state index in [1.54, 1.807) is 42.6 Å². The van der Waals surface area contributed by atoms with E-state index >= 15 is 0 Å². The van der Waals surface area contributed by atoms with E-state index in [1.165, 1.54) is 31.0 Å². The fourth-order valence-corrected chi connectivity index (χ4v) is 4.39.